The van der Waals surface area contributed by atoms with Crippen molar-refractivity contribution in [2.75, 3.05) is 5.32 Å². The lowest BCUT2D eigenvalue weighted by Gasteiger charge is -2.20. The molecule has 2 aliphatic heterocycles. The molecule has 9 heteroatoms. The number of aliphatic carboxylic acids is 1. The third-order valence-electron chi connectivity index (χ3n) is 3.90. The van der Waals surface area contributed by atoms with E-state index in [-0.39, 0.29) is 16.4 Å². The van der Waals surface area contributed by atoms with Gasteiger partial charge in [-0.1, -0.05) is 23.8 Å². The molecule has 0 spiro atoms. The Bertz CT molecular complexity index is 734. The Morgan fingerprint density at radius 1 is 1.26 bits per heavy atom. The van der Waals surface area contributed by atoms with Crippen LogP contribution in [0.2, 0.25) is 5.02 Å². The second-order valence-corrected chi connectivity index (χ2v) is 5.66. The van der Waals surface area contributed by atoms with Crippen LogP contribution in [0.1, 0.15) is 0 Å². The number of carboxylic acid groups (broad SMARTS) is 1. The number of nitrogens with one attached hydrogen (secondary N) is 1. The van der Waals surface area contributed by atoms with E-state index in [1.165, 1.54) is 12.1 Å². The molecular formula is C14H11ClN2O6. The molecule has 0 saturated carbocycles. The van der Waals surface area contributed by atoms with Gasteiger partial charge in [-0.25, -0.2) is 0 Å². The van der Waals surface area contributed by atoms with E-state index in [0.717, 1.165) is 6.07 Å². The molecule has 2 bridgehead atoms. The smallest absolute Gasteiger partial charge is 0.310 e. The molecule has 0 unspecified atom stereocenters. The number of hydrogen-bond acceptors (Lipinski definition) is 5. The van der Waals surface area contributed by atoms with E-state index in [1.807, 2.05) is 0 Å². The van der Waals surface area contributed by atoms with Gasteiger partial charge in [0.15, 0.2) is 0 Å². The third-order valence-corrected chi connectivity index (χ3v) is 4.22. The summed E-state index contributed by atoms with van der Waals surface area (Å²) in [5.41, 5.74) is -0.176. The van der Waals surface area contributed by atoms with Crippen LogP contribution < -0.4 is 5.32 Å². The molecule has 2 heterocycles. The fraction of sp³-hybridized carbons (Fsp3) is 0.286. The van der Waals surface area contributed by atoms with Crippen LogP contribution in [-0.4, -0.2) is 34.1 Å². The van der Waals surface area contributed by atoms with E-state index in [2.05, 4.69) is 5.32 Å². The van der Waals surface area contributed by atoms with Gasteiger partial charge in [-0.05, 0) is 12.1 Å². The number of carbonyl (C=O) groups excluding carboxylic acids is 1. The minimum atomic E-state index is -1.12. The molecule has 2 aliphatic rings. The monoisotopic (exact) mass is 338 g/mol. The van der Waals surface area contributed by atoms with Crippen molar-refractivity contribution in [1.29, 1.82) is 0 Å². The van der Waals surface area contributed by atoms with E-state index in [9.17, 15) is 24.8 Å². The van der Waals surface area contributed by atoms with Crippen molar-refractivity contribution >= 4 is 34.9 Å². The summed E-state index contributed by atoms with van der Waals surface area (Å²) in [6.07, 6.45) is 2.04. The second kappa shape index (κ2) is 5.64. The quantitative estimate of drug-likeness (QED) is 0.491. The number of hydrogen-bond donors (Lipinski definition) is 2. The predicted molar refractivity (Wildman–Crippen MR) is 79.2 cm³/mol. The summed E-state index contributed by atoms with van der Waals surface area (Å²) in [5.74, 6) is -3.56. The number of amides is 1. The number of nitro groups is 1. The summed E-state index contributed by atoms with van der Waals surface area (Å²) < 4.78 is 5.42. The first-order valence-corrected chi connectivity index (χ1v) is 7.07. The highest BCUT2D eigenvalue weighted by Crippen LogP contribution is 2.40. The fourth-order valence-corrected chi connectivity index (χ4v) is 3.06. The highest BCUT2D eigenvalue weighted by molar-refractivity contribution is 6.32. The largest absolute Gasteiger partial charge is 0.481 e. The fourth-order valence-electron chi connectivity index (χ4n) is 2.87. The molecule has 3 rings (SSSR count). The topological polar surface area (TPSA) is 119 Å². The summed E-state index contributed by atoms with van der Waals surface area (Å²) in [7, 11) is 0. The maximum atomic E-state index is 12.4. The van der Waals surface area contributed by atoms with Crippen LogP contribution in [0.4, 0.5) is 11.4 Å². The van der Waals surface area contributed by atoms with Gasteiger partial charge in [0.2, 0.25) is 5.91 Å². The number of nitro benzene ring substituents is 1. The van der Waals surface area contributed by atoms with Crippen molar-refractivity contribution in [3.63, 3.8) is 0 Å². The van der Waals surface area contributed by atoms with Gasteiger partial charge in [0, 0.05) is 11.8 Å². The Balaban J connectivity index is 1.82. The molecule has 2 N–H and O–H groups in total. The lowest BCUT2D eigenvalue weighted by molar-refractivity contribution is -0.384. The lowest BCUT2D eigenvalue weighted by Crippen LogP contribution is -2.39. The first-order valence-electron chi connectivity index (χ1n) is 6.70. The van der Waals surface area contributed by atoms with Gasteiger partial charge in [-0.15, -0.1) is 0 Å². The molecule has 0 radical (unpaired) electrons. The Morgan fingerprint density at radius 3 is 2.52 bits per heavy atom. The Labute approximate surface area is 134 Å². The van der Waals surface area contributed by atoms with Crippen molar-refractivity contribution < 1.29 is 24.4 Å². The van der Waals surface area contributed by atoms with Gasteiger partial charge in [0.05, 0.1) is 23.0 Å². The first-order chi connectivity index (χ1) is 10.9. The average Bonchev–Trinajstić information content (AvgIpc) is 3.09. The SMILES string of the molecule is O=C(O)[C@@H]1[C@H](C(=O)Nc2ccc(Cl)c([N+](=O)[O-])c2)[C@H]2C=C[C@@H]1O2. The third kappa shape index (κ3) is 2.66. The summed E-state index contributed by atoms with van der Waals surface area (Å²) in [4.78, 5) is 33.9. The summed E-state index contributed by atoms with van der Waals surface area (Å²) in [6.45, 7) is 0. The van der Waals surface area contributed by atoms with Crippen LogP contribution in [0, 0.1) is 22.0 Å². The Morgan fingerprint density at radius 2 is 1.91 bits per heavy atom. The number of ether oxygens (including phenoxy) is 1. The zero-order valence-electron chi connectivity index (χ0n) is 11.5. The molecule has 4 atom stereocenters. The van der Waals surface area contributed by atoms with Gasteiger partial charge >= 0.3 is 5.97 Å². The van der Waals surface area contributed by atoms with Crippen LogP contribution in [0.25, 0.3) is 0 Å². The average molecular weight is 339 g/mol. The van der Waals surface area contributed by atoms with Crippen LogP contribution in [0.5, 0.6) is 0 Å². The normalized spacial score (nSPS) is 27.9. The maximum Gasteiger partial charge on any atom is 0.310 e. The van der Waals surface area contributed by atoms with E-state index >= 15 is 0 Å². The van der Waals surface area contributed by atoms with Crippen LogP contribution in [0.3, 0.4) is 0 Å². The molecule has 1 aromatic carbocycles. The van der Waals surface area contributed by atoms with Crippen molar-refractivity contribution in [1.82, 2.24) is 0 Å². The predicted octanol–water partition coefficient (Wildman–Crippen LogP) is 1.84. The molecular weight excluding hydrogens is 328 g/mol. The summed E-state index contributed by atoms with van der Waals surface area (Å²) in [5, 5.41) is 22.6. The second-order valence-electron chi connectivity index (χ2n) is 5.25. The number of nitrogens with zero attached hydrogens (tertiary/aromatic N) is 1. The number of benzene rings is 1. The number of carbonyl (C=O) groups is 2. The van der Waals surface area contributed by atoms with Crippen LogP contribution in [0.15, 0.2) is 30.4 Å². The number of fused-ring (bicyclic) bond motifs is 2. The molecule has 0 aliphatic carbocycles. The number of halogens is 1. The molecule has 8 nitrogen and oxygen atoms in total. The molecule has 23 heavy (non-hydrogen) atoms. The van der Waals surface area contributed by atoms with Crippen molar-refractivity contribution in [3.05, 3.63) is 45.5 Å². The number of carboxylic acids is 1. The van der Waals surface area contributed by atoms with Gasteiger partial charge in [-0.3, -0.25) is 19.7 Å². The molecule has 1 aromatic rings. The number of rotatable bonds is 4. The van der Waals surface area contributed by atoms with E-state index in [0.29, 0.717) is 0 Å². The summed E-state index contributed by atoms with van der Waals surface area (Å²) >= 11 is 5.71. The molecule has 1 saturated heterocycles. The lowest BCUT2D eigenvalue weighted by atomic mass is 9.82. The zero-order chi connectivity index (χ0) is 16.7. The standard InChI is InChI=1S/C14H11ClN2O6/c15-7-2-1-6(5-8(7)17(21)22)16-13(18)11-9-3-4-10(23-9)12(11)14(19)20/h1-5,9-12H,(H,16,18)(H,19,20)/t9-,10+,11-,12+/m1/s1. The van der Waals surface area contributed by atoms with E-state index in [1.54, 1.807) is 12.2 Å². The molecule has 1 fully saturated rings. The number of anilines is 1. The molecule has 120 valence electrons. The minimum absolute atomic E-state index is 0.0531. The molecule has 1 amide bonds. The van der Waals surface area contributed by atoms with E-state index < -0.39 is 40.8 Å². The van der Waals surface area contributed by atoms with Crippen molar-refractivity contribution in [3.8, 4) is 0 Å². The first kappa shape index (κ1) is 15.4. The van der Waals surface area contributed by atoms with Crippen molar-refractivity contribution in [2.45, 2.75) is 12.2 Å². The summed E-state index contributed by atoms with van der Waals surface area (Å²) in [6, 6.07) is 3.83. The highest BCUT2D eigenvalue weighted by Gasteiger charge is 2.53. The highest BCUT2D eigenvalue weighted by atomic mass is 35.5. The minimum Gasteiger partial charge on any atom is -0.481 e. The van der Waals surface area contributed by atoms with Gasteiger partial charge in [0.1, 0.15) is 10.9 Å². The van der Waals surface area contributed by atoms with Crippen LogP contribution >= 0.6 is 11.6 Å². The van der Waals surface area contributed by atoms with Crippen molar-refractivity contribution in [2.24, 2.45) is 11.8 Å². The Hall–Kier alpha value is -2.45. The van der Waals surface area contributed by atoms with Crippen LogP contribution in [-0.2, 0) is 14.3 Å². The van der Waals surface area contributed by atoms with Gasteiger partial charge < -0.3 is 15.2 Å². The maximum absolute atomic E-state index is 12.4. The van der Waals surface area contributed by atoms with E-state index in [4.69, 9.17) is 16.3 Å². The Kier molecular flexibility index (Phi) is 3.78. The molecule has 0 aromatic heterocycles. The van der Waals surface area contributed by atoms with Gasteiger partial charge in [-0.2, -0.15) is 0 Å². The zero-order valence-corrected chi connectivity index (χ0v) is 12.3. The van der Waals surface area contributed by atoms with Gasteiger partial charge in [0.25, 0.3) is 5.69 Å².